The average molecular weight is 1100 g/mol. The molecule has 79 heavy (non-hydrogen) atoms. The van der Waals surface area contributed by atoms with E-state index < -0.39 is 144 Å². The number of carbonyl (C=O) groups excluding carboxylic acids is 10. The van der Waals surface area contributed by atoms with Crippen molar-refractivity contribution in [1.82, 2.24) is 50.8 Å². The number of fused-ring (bicyclic) bond motifs is 1. The molecule has 24 nitrogen and oxygen atoms in total. The first-order valence-corrected chi connectivity index (χ1v) is 25.4. The summed E-state index contributed by atoms with van der Waals surface area (Å²) in [5.74, 6) is -10.3. The Hall–Kier alpha value is -8.54. The van der Waals surface area contributed by atoms with Crippen LogP contribution in [0.25, 0.3) is 23.1 Å². The highest BCUT2D eigenvalue weighted by Crippen LogP contribution is 2.25. The van der Waals surface area contributed by atoms with Gasteiger partial charge in [0.15, 0.2) is 11.4 Å². The quantitative estimate of drug-likeness (QED) is 0.0635. The molecule has 0 saturated carbocycles. The number of hydrogen-bond acceptors (Lipinski definition) is 17. The van der Waals surface area contributed by atoms with Crippen LogP contribution in [-0.4, -0.2) is 196 Å². The number of pyridine rings is 2. The molecule has 4 rings (SSSR count). The van der Waals surface area contributed by atoms with Crippen LogP contribution >= 0.6 is 0 Å². The van der Waals surface area contributed by atoms with E-state index in [0.29, 0.717) is 22.8 Å². The van der Waals surface area contributed by atoms with Crippen molar-refractivity contribution in [3.63, 3.8) is 0 Å². The van der Waals surface area contributed by atoms with Gasteiger partial charge in [0.1, 0.15) is 73.3 Å². The molecule has 426 valence electrons. The summed E-state index contributed by atoms with van der Waals surface area (Å²) in [6, 6.07) is -1.56. The van der Waals surface area contributed by atoms with E-state index >= 15 is 0 Å². The zero-order valence-electron chi connectivity index (χ0n) is 46.3. The third-order valence-corrected chi connectivity index (χ3v) is 13.4. The minimum atomic E-state index is -1.78. The summed E-state index contributed by atoms with van der Waals surface area (Å²) in [6.45, 7) is 15.2. The zero-order valence-corrected chi connectivity index (χ0v) is 46.3. The SMILES string of the molecule is C=Cc1cc(O)c(C(=O)NC2COC(=O)C(C(C)C)N(C)C(=O)[C@@H](N(C)C(=O)C(C)NC)C/C=C\C[C@@H](C(=O)N(C)C(C(=O)OCC(C=O)NC(=O)c3nc4ccccc4cc3O)C(C)C)N(C)C(=O)C(C)NC2=O)nc1C=C. The van der Waals surface area contributed by atoms with Gasteiger partial charge in [-0.25, -0.2) is 19.6 Å². The lowest BCUT2D eigenvalue weighted by molar-refractivity contribution is -0.160. The second kappa shape index (κ2) is 28.2. The number of aromatic nitrogens is 2. The van der Waals surface area contributed by atoms with Crippen molar-refractivity contribution in [3.05, 3.63) is 84.4 Å². The topological polar surface area (TPSA) is 316 Å². The summed E-state index contributed by atoms with van der Waals surface area (Å²) in [6.07, 6.45) is 5.58. The fourth-order valence-electron chi connectivity index (χ4n) is 8.78. The van der Waals surface area contributed by atoms with Crippen molar-refractivity contribution in [1.29, 1.82) is 0 Å². The predicted octanol–water partition coefficient (Wildman–Crippen LogP) is 1.59. The van der Waals surface area contributed by atoms with E-state index in [2.05, 4.69) is 44.4 Å². The van der Waals surface area contributed by atoms with E-state index in [-0.39, 0.29) is 24.2 Å². The van der Waals surface area contributed by atoms with Crippen LogP contribution < -0.4 is 21.3 Å². The number of carbonyl (C=O) groups is 10. The summed E-state index contributed by atoms with van der Waals surface area (Å²) in [5.41, 5.74) is -0.0439. The molecule has 3 aromatic rings. The Morgan fingerprint density at radius 2 is 1.53 bits per heavy atom. The van der Waals surface area contributed by atoms with Crippen LogP contribution in [0.15, 0.2) is 61.7 Å². The fourth-order valence-corrected chi connectivity index (χ4v) is 8.78. The Kier molecular flexibility index (Phi) is 22.5. The van der Waals surface area contributed by atoms with Gasteiger partial charge in [0.05, 0.1) is 17.3 Å². The molecule has 1 aliphatic rings. The molecule has 0 saturated heterocycles. The Bertz CT molecular complexity index is 2850. The Morgan fingerprint density at radius 1 is 0.899 bits per heavy atom. The molecule has 1 aromatic carbocycles. The smallest absolute Gasteiger partial charge is 0.329 e. The van der Waals surface area contributed by atoms with Gasteiger partial charge in [-0.3, -0.25) is 33.6 Å². The van der Waals surface area contributed by atoms with Gasteiger partial charge < -0.3 is 65.3 Å². The molecule has 8 atom stereocenters. The summed E-state index contributed by atoms with van der Waals surface area (Å²) >= 11 is 0. The monoisotopic (exact) mass is 1100 g/mol. The molecular formula is C55H72N10O14. The van der Waals surface area contributed by atoms with E-state index in [1.54, 1.807) is 65.9 Å². The molecule has 24 heteroatoms. The first kappa shape index (κ1) is 63.0. The van der Waals surface area contributed by atoms with Gasteiger partial charge in [0.25, 0.3) is 11.8 Å². The van der Waals surface area contributed by atoms with Crippen LogP contribution in [-0.2, 0) is 47.8 Å². The Morgan fingerprint density at radius 3 is 2.14 bits per heavy atom. The van der Waals surface area contributed by atoms with E-state index in [1.807, 2.05) is 0 Å². The summed E-state index contributed by atoms with van der Waals surface area (Å²) in [5, 5.41) is 32.0. The number of aldehydes is 1. The number of hydrogen-bond donors (Lipinski definition) is 6. The number of cyclic esters (lactones) is 1. The number of benzene rings is 1. The van der Waals surface area contributed by atoms with Gasteiger partial charge in [-0.15, -0.1) is 0 Å². The number of ether oxygens (including phenoxy) is 2. The molecule has 0 radical (unpaired) electrons. The summed E-state index contributed by atoms with van der Waals surface area (Å²) in [4.78, 5) is 152. The molecule has 6 N–H and O–H groups in total. The van der Waals surface area contributed by atoms with E-state index in [0.717, 1.165) is 14.7 Å². The third-order valence-electron chi connectivity index (χ3n) is 13.4. The van der Waals surface area contributed by atoms with Crippen molar-refractivity contribution >= 4 is 82.6 Å². The van der Waals surface area contributed by atoms with Crippen molar-refractivity contribution in [3.8, 4) is 11.5 Å². The van der Waals surface area contributed by atoms with Crippen LogP contribution in [0.3, 0.4) is 0 Å². The highest BCUT2D eigenvalue weighted by Gasteiger charge is 2.41. The maximum Gasteiger partial charge on any atom is 0.329 e. The normalized spacial score (nSPS) is 20.3. The Labute approximate surface area is 458 Å². The largest absolute Gasteiger partial charge is 0.505 e. The predicted molar refractivity (Wildman–Crippen MR) is 290 cm³/mol. The van der Waals surface area contributed by atoms with Gasteiger partial charge in [0.2, 0.25) is 29.5 Å². The lowest BCUT2D eigenvalue weighted by Gasteiger charge is -2.37. The van der Waals surface area contributed by atoms with Crippen LogP contribution in [0, 0.1) is 11.8 Å². The number of likely N-dealkylation sites (N-methyl/N-ethyl adjacent to an activating group) is 5. The highest BCUT2D eigenvalue weighted by atomic mass is 16.5. The summed E-state index contributed by atoms with van der Waals surface area (Å²) < 4.78 is 11.2. The molecule has 3 heterocycles. The van der Waals surface area contributed by atoms with Crippen LogP contribution in [0.4, 0.5) is 0 Å². The van der Waals surface area contributed by atoms with Crippen molar-refractivity contribution < 1.29 is 67.6 Å². The van der Waals surface area contributed by atoms with Crippen molar-refractivity contribution in [2.75, 3.05) is 48.5 Å². The lowest BCUT2D eigenvalue weighted by Crippen LogP contribution is -2.59. The number of aromatic hydroxyl groups is 2. The average Bonchev–Trinajstić information content (AvgIpc) is 3.42. The van der Waals surface area contributed by atoms with Crippen LogP contribution in [0.1, 0.15) is 86.6 Å². The molecular weight excluding hydrogens is 1020 g/mol. The van der Waals surface area contributed by atoms with Gasteiger partial charge in [0, 0.05) is 39.1 Å². The number of nitrogens with zero attached hydrogens (tertiary/aromatic N) is 6. The van der Waals surface area contributed by atoms with E-state index in [1.165, 1.54) is 76.5 Å². The zero-order chi connectivity index (χ0) is 59.2. The number of nitrogens with one attached hydrogen (secondary N) is 4. The molecule has 2 aromatic heterocycles. The third kappa shape index (κ3) is 15.4. The second-order valence-corrected chi connectivity index (χ2v) is 19.7. The van der Waals surface area contributed by atoms with Crippen molar-refractivity contribution in [2.24, 2.45) is 11.8 Å². The molecule has 6 unspecified atom stereocenters. The molecule has 1 aliphatic heterocycles. The van der Waals surface area contributed by atoms with Crippen LogP contribution in [0.2, 0.25) is 0 Å². The highest BCUT2D eigenvalue weighted by molar-refractivity contribution is 6.01. The molecule has 0 fully saturated rings. The van der Waals surface area contributed by atoms with Crippen molar-refractivity contribution in [2.45, 2.75) is 103 Å². The first-order chi connectivity index (χ1) is 37.2. The second-order valence-electron chi connectivity index (χ2n) is 19.7. The van der Waals surface area contributed by atoms with Crippen LogP contribution in [0.5, 0.6) is 11.5 Å². The number of esters is 2. The van der Waals surface area contributed by atoms with E-state index in [4.69, 9.17) is 9.47 Å². The van der Waals surface area contributed by atoms with Gasteiger partial charge >= 0.3 is 11.9 Å². The fraction of sp³-hybridized carbons (Fsp3) is 0.455. The summed E-state index contributed by atoms with van der Waals surface area (Å²) in [7, 11) is 6.89. The minimum absolute atomic E-state index is 0.158. The number of amides is 7. The molecule has 0 bridgehead atoms. The van der Waals surface area contributed by atoms with E-state index in [9.17, 15) is 58.2 Å². The number of rotatable bonds is 17. The lowest BCUT2D eigenvalue weighted by atomic mass is 10.00. The maximum atomic E-state index is 14.8. The van der Waals surface area contributed by atoms with Gasteiger partial charge in [-0.2, -0.15) is 0 Å². The molecule has 0 aliphatic carbocycles. The standard InChI is InChI=1S/C55H72N10O14/c1-14-33-24-41(67)44(59-36(33)15-2)49(71)61-38-28-79-55(77)46(30(5)6)65(13)52(74)39(62(10)50(72)31(7)56-9)22-18-19-23-40(63(11)51(73)32(8)57-47(38)69)53(75)64(12)45(29(3)4)54(76)78-27-35(26-66)58-48(70)43-42(68)25-34-20-16-17-21-37(34)60-43/h14-21,24-26,29-32,35,38-40,45-46,56,67-68H,1-2,22-23,27-28H2,3-13H3,(H,57,69)(H,58,70)(H,61,71)/b19-18-/t31?,32?,35?,38?,39-,40-,45?,46?/m0/s1. The molecule has 7 amide bonds. The minimum Gasteiger partial charge on any atom is -0.505 e. The number of para-hydroxylation sites is 1. The van der Waals surface area contributed by atoms with Gasteiger partial charge in [-0.05, 0) is 69.8 Å². The molecule has 0 spiro atoms. The van der Waals surface area contributed by atoms with Gasteiger partial charge in [-0.1, -0.05) is 77.3 Å². The maximum absolute atomic E-state index is 14.8. The first-order valence-electron chi connectivity index (χ1n) is 25.4. The Balaban J connectivity index is 1.73.